The van der Waals surface area contributed by atoms with E-state index in [2.05, 4.69) is 15.5 Å². The molecule has 8 heteroatoms. The van der Waals surface area contributed by atoms with Gasteiger partial charge in [-0.15, -0.1) is 5.10 Å². The van der Waals surface area contributed by atoms with E-state index in [1.165, 1.54) is 22.7 Å². The van der Waals surface area contributed by atoms with Crippen molar-refractivity contribution >= 4 is 28.2 Å². The highest BCUT2D eigenvalue weighted by molar-refractivity contribution is 6.00. The fourth-order valence-corrected chi connectivity index (χ4v) is 2.10. The van der Waals surface area contributed by atoms with Crippen molar-refractivity contribution in [3.8, 4) is 0 Å². The summed E-state index contributed by atoms with van der Waals surface area (Å²) in [5, 5.41) is 11.7. The Morgan fingerprint density at radius 1 is 1.41 bits per heavy atom. The van der Waals surface area contributed by atoms with Crippen molar-refractivity contribution in [2.45, 2.75) is 13.8 Å². The van der Waals surface area contributed by atoms with E-state index < -0.39 is 11.8 Å². The molecule has 2 N–H and O–H groups in total. The third-order valence-corrected chi connectivity index (χ3v) is 3.15. The zero-order valence-corrected chi connectivity index (χ0v) is 12.1. The van der Waals surface area contributed by atoms with E-state index in [0.29, 0.717) is 10.9 Å². The summed E-state index contributed by atoms with van der Waals surface area (Å²) in [5.74, 6) is -0.914. The highest BCUT2D eigenvalue weighted by atomic mass is 19.1. The molecule has 0 saturated heterocycles. The van der Waals surface area contributed by atoms with Crippen LogP contribution >= 0.6 is 0 Å². The minimum absolute atomic E-state index is 0.0144. The average molecular weight is 303 g/mol. The van der Waals surface area contributed by atoms with Gasteiger partial charge < -0.3 is 10.5 Å². The van der Waals surface area contributed by atoms with Gasteiger partial charge in [-0.3, -0.25) is 0 Å². The molecule has 0 fully saturated rings. The van der Waals surface area contributed by atoms with E-state index in [1.807, 2.05) is 13.8 Å². The lowest BCUT2D eigenvalue weighted by atomic mass is 10.1. The molecule has 7 nitrogen and oxygen atoms in total. The van der Waals surface area contributed by atoms with Crippen LogP contribution in [0.1, 0.15) is 24.2 Å². The van der Waals surface area contributed by atoms with Crippen molar-refractivity contribution in [2.75, 3.05) is 12.3 Å². The summed E-state index contributed by atoms with van der Waals surface area (Å²) in [4.78, 5) is 12.2. The summed E-state index contributed by atoms with van der Waals surface area (Å²) in [6, 6.07) is 4.18. The van der Waals surface area contributed by atoms with Crippen molar-refractivity contribution in [3.63, 3.8) is 0 Å². The van der Waals surface area contributed by atoms with Gasteiger partial charge in [0.25, 0.3) is 0 Å². The van der Waals surface area contributed by atoms with Crippen molar-refractivity contribution in [1.82, 2.24) is 20.0 Å². The Morgan fingerprint density at radius 2 is 2.18 bits per heavy atom. The third kappa shape index (κ3) is 2.32. The number of rotatable bonds is 3. The first-order chi connectivity index (χ1) is 10.5. The molecule has 0 aliphatic rings. The van der Waals surface area contributed by atoms with Gasteiger partial charge in [0.1, 0.15) is 11.4 Å². The molecule has 0 saturated carbocycles. The van der Waals surface area contributed by atoms with Crippen LogP contribution in [0.25, 0.3) is 16.6 Å². The Morgan fingerprint density at radius 3 is 2.91 bits per heavy atom. The number of nitrogens with zero attached hydrogens (tertiary/aromatic N) is 4. The molecule has 2 heterocycles. The Bertz CT molecular complexity index is 874. The molecule has 1 aromatic carbocycles. The minimum atomic E-state index is -0.568. The Balaban J connectivity index is 2.19. The number of ether oxygens (including phenoxy) is 1. The fourth-order valence-electron chi connectivity index (χ4n) is 2.10. The molecule has 0 spiro atoms. The van der Waals surface area contributed by atoms with Gasteiger partial charge in [-0.1, -0.05) is 13.8 Å². The van der Waals surface area contributed by atoms with Gasteiger partial charge in [-0.25, -0.2) is 9.18 Å². The topological polar surface area (TPSA) is 95.4 Å². The molecule has 3 aromatic rings. The van der Waals surface area contributed by atoms with Crippen LogP contribution in [-0.2, 0) is 4.74 Å². The molecule has 114 valence electrons. The first-order valence-corrected chi connectivity index (χ1v) is 6.74. The predicted molar refractivity (Wildman–Crippen MR) is 77.8 cm³/mol. The number of esters is 1. The van der Waals surface area contributed by atoms with Crippen LogP contribution in [0.3, 0.4) is 0 Å². The SMILES string of the molecule is CC(C)COC(=O)c1cc2cc(F)c(N)cc2n2nnnc12. The second-order valence-electron chi connectivity index (χ2n) is 5.40. The molecular formula is C14H14FN5O2. The lowest BCUT2D eigenvalue weighted by Crippen LogP contribution is -2.12. The minimum Gasteiger partial charge on any atom is -0.462 e. The summed E-state index contributed by atoms with van der Waals surface area (Å²) >= 11 is 0. The summed E-state index contributed by atoms with van der Waals surface area (Å²) < 4.78 is 20.2. The maximum absolute atomic E-state index is 13.7. The van der Waals surface area contributed by atoms with Gasteiger partial charge in [-0.05, 0) is 34.5 Å². The number of carbonyl (C=O) groups is 1. The van der Waals surface area contributed by atoms with E-state index in [1.54, 1.807) is 0 Å². The van der Waals surface area contributed by atoms with Crippen LogP contribution in [0, 0.1) is 11.7 Å². The third-order valence-electron chi connectivity index (χ3n) is 3.15. The summed E-state index contributed by atoms with van der Waals surface area (Å²) in [7, 11) is 0. The van der Waals surface area contributed by atoms with Gasteiger partial charge in [-0.2, -0.15) is 4.52 Å². The first-order valence-electron chi connectivity index (χ1n) is 6.74. The second kappa shape index (κ2) is 5.21. The second-order valence-corrected chi connectivity index (χ2v) is 5.40. The van der Waals surface area contributed by atoms with Crippen molar-refractivity contribution in [3.05, 3.63) is 29.6 Å². The van der Waals surface area contributed by atoms with Gasteiger partial charge in [0, 0.05) is 5.39 Å². The molecule has 0 radical (unpaired) electrons. The summed E-state index contributed by atoms with van der Waals surface area (Å²) in [6.07, 6.45) is 0. The summed E-state index contributed by atoms with van der Waals surface area (Å²) in [6.45, 7) is 4.14. The number of pyridine rings is 1. The smallest absolute Gasteiger partial charge is 0.342 e. The number of fused-ring (bicyclic) bond motifs is 3. The number of nitrogen functional groups attached to an aromatic ring is 1. The van der Waals surface area contributed by atoms with Crippen molar-refractivity contribution in [1.29, 1.82) is 0 Å². The molecule has 0 amide bonds. The van der Waals surface area contributed by atoms with Gasteiger partial charge in [0.05, 0.1) is 17.8 Å². The zero-order valence-electron chi connectivity index (χ0n) is 12.1. The number of halogens is 1. The zero-order chi connectivity index (χ0) is 15.9. The quantitative estimate of drug-likeness (QED) is 0.585. The van der Waals surface area contributed by atoms with Gasteiger partial charge >= 0.3 is 5.97 Å². The number of tetrazole rings is 1. The molecule has 0 aliphatic heterocycles. The highest BCUT2D eigenvalue weighted by Gasteiger charge is 2.18. The Kier molecular flexibility index (Phi) is 3.36. The number of nitrogens with two attached hydrogens (primary N) is 1. The first kappa shape index (κ1) is 14.2. The van der Waals surface area contributed by atoms with Crippen LogP contribution < -0.4 is 5.73 Å². The number of hydrogen-bond donors (Lipinski definition) is 1. The van der Waals surface area contributed by atoms with E-state index in [9.17, 15) is 9.18 Å². The van der Waals surface area contributed by atoms with Gasteiger partial charge in [0.15, 0.2) is 5.65 Å². The van der Waals surface area contributed by atoms with Crippen molar-refractivity contribution < 1.29 is 13.9 Å². The summed E-state index contributed by atoms with van der Waals surface area (Å²) in [5.41, 5.74) is 6.50. The number of anilines is 1. The normalized spacial score (nSPS) is 11.5. The molecule has 0 atom stereocenters. The number of benzene rings is 1. The number of carbonyl (C=O) groups excluding carboxylic acids is 1. The lowest BCUT2D eigenvalue weighted by molar-refractivity contribution is 0.0460. The average Bonchev–Trinajstić information content (AvgIpc) is 2.95. The van der Waals surface area contributed by atoms with E-state index in [0.717, 1.165) is 0 Å². The molecule has 22 heavy (non-hydrogen) atoms. The maximum atomic E-state index is 13.7. The maximum Gasteiger partial charge on any atom is 0.342 e. The monoisotopic (exact) mass is 303 g/mol. The standard InChI is InChI=1S/C14H14FN5O2/c1-7(2)6-22-14(21)9-3-8-4-10(15)11(16)5-12(8)20-13(9)17-18-19-20/h3-5,7H,6,16H2,1-2H3. The lowest BCUT2D eigenvalue weighted by Gasteiger charge is -2.09. The predicted octanol–water partition coefficient (Wildman–Crippen LogP) is 1.81. The van der Waals surface area contributed by atoms with Crippen LogP contribution in [0.4, 0.5) is 10.1 Å². The number of hydrogen-bond acceptors (Lipinski definition) is 6. The van der Waals surface area contributed by atoms with Crippen molar-refractivity contribution in [2.24, 2.45) is 5.92 Å². The van der Waals surface area contributed by atoms with Crippen LogP contribution in [-0.4, -0.2) is 32.6 Å². The van der Waals surface area contributed by atoms with Crippen LogP contribution in [0.5, 0.6) is 0 Å². The Hall–Kier alpha value is -2.77. The molecule has 0 aliphatic carbocycles. The van der Waals surface area contributed by atoms with Crippen LogP contribution in [0.15, 0.2) is 18.2 Å². The molecule has 3 rings (SSSR count). The molecule has 0 bridgehead atoms. The Labute approximate surface area is 124 Å². The molecule has 2 aromatic heterocycles. The van der Waals surface area contributed by atoms with Gasteiger partial charge in [0.2, 0.25) is 0 Å². The van der Waals surface area contributed by atoms with E-state index >= 15 is 0 Å². The highest BCUT2D eigenvalue weighted by Crippen LogP contribution is 2.24. The van der Waals surface area contributed by atoms with E-state index in [4.69, 9.17) is 10.5 Å². The number of aromatic nitrogens is 4. The van der Waals surface area contributed by atoms with E-state index in [-0.39, 0.29) is 29.4 Å². The molecule has 0 unspecified atom stereocenters. The largest absolute Gasteiger partial charge is 0.462 e. The van der Waals surface area contributed by atoms with Crippen LogP contribution in [0.2, 0.25) is 0 Å². The fraction of sp³-hybridized carbons (Fsp3) is 0.286. The molecular weight excluding hydrogens is 289 g/mol.